The summed E-state index contributed by atoms with van der Waals surface area (Å²) in [5.74, 6) is 2.64. The summed E-state index contributed by atoms with van der Waals surface area (Å²) in [6.07, 6.45) is 4.41. The van der Waals surface area contributed by atoms with E-state index >= 15 is 0 Å². The molecule has 6 heterocycles. The second kappa shape index (κ2) is 7.82. The molecule has 1 saturated carbocycles. The molecule has 1 aliphatic carbocycles. The Balaban J connectivity index is 1.41. The van der Waals surface area contributed by atoms with Gasteiger partial charge in [0.2, 0.25) is 5.91 Å². The molecule has 39 heavy (non-hydrogen) atoms. The van der Waals surface area contributed by atoms with Gasteiger partial charge in [-0.05, 0) is 23.1 Å². The lowest BCUT2D eigenvalue weighted by Gasteiger charge is -2.59. The SMILES string of the molecule is COc1nc(OC)nc([N+]23CC[C@@]45c6cc(OC)c(OC)cc6N6C(=O)C[C@@H]7OCC=C(C2)[C@H](C[C@@H]43)[C@@H]7[C@H]65)n1. The van der Waals surface area contributed by atoms with Crippen molar-refractivity contribution in [3.63, 3.8) is 0 Å². The highest BCUT2D eigenvalue weighted by molar-refractivity contribution is 6.00. The Morgan fingerprint density at radius 2 is 1.77 bits per heavy atom. The number of hydrogen-bond acceptors (Lipinski definition) is 9. The Morgan fingerprint density at radius 3 is 2.49 bits per heavy atom. The van der Waals surface area contributed by atoms with Gasteiger partial charge in [0.1, 0.15) is 12.6 Å². The lowest BCUT2D eigenvalue weighted by Crippen LogP contribution is -2.73. The average Bonchev–Trinajstić information content (AvgIpc) is 3.41. The molecule has 0 N–H and O–H groups in total. The van der Waals surface area contributed by atoms with E-state index in [-0.39, 0.29) is 47.4 Å². The molecule has 4 fully saturated rings. The molecule has 1 aromatic carbocycles. The second-order valence-corrected chi connectivity index (χ2v) is 11.5. The molecule has 1 aromatic heterocycles. The van der Waals surface area contributed by atoms with Crippen LogP contribution in [0, 0.1) is 11.8 Å². The van der Waals surface area contributed by atoms with Gasteiger partial charge in [-0.25, -0.2) is 0 Å². The third kappa shape index (κ3) is 2.70. The number of fused-ring (bicyclic) bond motifs is 2. The minimum absolute atomic E-state index is 0.0215. The highest BCUT2D eigenvalue weighted by Gasteiger charge is 2.77. The Bertz CT molecular complexity index is 1430. The third-order valence-electron chi connectivity index (χ3n) is 10.5. The first-order chi connectivity index (χ1) is 19.0. The summed E-state index contributed by atoms with van der Waals surface area (Å²) in [5, 5.41) is 0. The van der Waals surface area contributed by atoms with Crippen LogP contribution in [0.2, 0.25) is 0 Å². The van der Waals surface area contributed by atoms with Crippen molar-refractivity contribution < 1.29 is 28.5 Å². The quantitative estimate of drug-likeness (QED) is 0.421. The van der Waals surface area contributed by atoms with Gasteiger partial charge < -0.3 is 28.6 Å². The minimum Gasteiger partial charge on any atom is -0.493 e. The molecule has 7 atom stereocenters. The van der Waals surface area contributed by atoms with Crippen molar-refractivity contribution in [2.75, 3.05) is 53.0 Å². The highest BCUT2D eigenvalue weighted by atomic mass is 16.5. The summed E-state index contributed by atoms with van der Waals surface area (Å²) in [5.41, 5.74) is 3.17. The predicted octanol–water partition coefficient (Wildman–Crippen LogP) is 2.02. The molecule has 11 heteroatoms. The molecule has 204 valence electrons. The molecule has 2 bridgehead atoms. The van der Waals surface area contributed by atoms with Crippen molar-refractivity contribution in [3.8, 4) is 23.5 Å². The van der Waals surface area contributed by atoms with Gasteiger partial charge in [-0.15, -0.1) is 15.0 Å². The molecule has 8 rings (SSSR count). The van der Waals surface area contributed by atoms with Gasteiger partial charge in [0, 0.05) is 24.8 Å². The number of hydrogen-bond donors (Lipinski definition) is 0. The number of benzene rings is 1. The number of carbonyl (C=O) groups excluding carboxylic acids is 1. The van der Waals surface area contributed by atoms with E-state index in [1.165, 1.54) is 5.57 Å². The van der Waals surface area contributed by atoms with E-state index in [9.17, 15) is 4.79 Å². The van der Waals surface area contributed by atoms with E-state index in [1.807, 2.05) is 6.07 Å². The first-order valence-corrected chi connectivity index (χ1v) is 13.6. The zero-order valence-corrected chi connectivity index (χ0v) is 22.5. The molecule has 0 radical (unpaired) electrons. The van der Waals surface area contributed by atoms with Crippen LogP contribution in [0.5, 0.6) is 23.5 Å². The van der Waals surface area contributed by atoms with Gasteiger partial charge >= 0.3 is 18.0 Å². The molecular weight excluding hydrogens is 502 g/mol. The van der Waals surface area contributed by atoms with E-state index in [0.717, 1.165) is 37.2 Å². The van der Waals surface area contributed by atoms with Gasteiger partial charge in [0.15, 0.2) is 11.5 Å². The summed E-state index contributed by atoms with van der Waals surface area (Å²) in [7, 11) is 6.43. The van der Waals surface area contributed by atoms with E-state index in [4.69, 9.17) is 33.7 Å². The number of nitrogens with zero attached hydrogens (tertiary/aromatic N) is 5. The van der Waals surface area contributed by atoms with Crippen molar-refractivity contribution in [2.45, 2.75) is 42.9 Å². The first-order valence-electron chi connectivity index (χ1n) is 13.6. The maximum absolute atomic E-state index is 13.9. The van der Waals surface area contributed by atoms with Crippen molar-refractivity contribution in [2.24, 2.45) is 11.8 Å². The van der Waals surface area contributed by atoms with Gasteiger partial charge in [0.25, 0.3) is 0 Å². The standard InChI is InChI=1S/C28H32N5O6/c1-35-18-10-16-17(11-19(18)36-2)32-22(34)12-20-23-15-9-21-28(16,24(23)32)6-7-33(21,13-14(15)5-8-39-20)25-29-26(37-3)31-27(30-25)38-4/h5,10-11,15,20-21,23-24H,6-9,12-13H2,1-4H3/q+1/t15-,20-,21-,23-,24-,28+,33?/m0/s1. The van der Waals surface area contributed by atoms with Crippen LogP contribution in [0.4, 0.5) is 11.6 Å². The smallest absolute Gasteiger partial charge is 0.338 e. The summed E-state index contributed by atoms with van der Waals surface area (Å²) in [6.45, 7) is 2.14. The first kappa shape index (κ1) is 23.4. The zero-order chi connectivity index (χ0) is 26.7. The van der Waals surface area contributed by atoms with Crippen LogP contribution >= 0.6 is 0 Å². The van der Waals surface area contributed by atoms with Crippen molar-refractivity contribution in [3.05, 3.63) is 29.3 Å². The molecular formula is C28H32N5O6+. The molecule has 1 amide bonds. The second-order valence-electron chi connectivity index (χ2n) is 11.5. The topological polar surface area (TPSA) is 105 Å². The average molecular weight is 535 g/mol. The number of rotatable bonds is 5. The maximum Gasteiger partial charge on any atom is 0.338 e. The number of methoxy groups -OCH3 is 4. The monoisotopic (exact) mass is 534 g/mol. The summed E-state index contributed by atoms with van der Waals surface area (Å²) in [6, 6.07) is 4.72. The van der Waals surface area contributed by atoms with Crippen LogP contribution in [0.25, 0.3) is 0 Å². The Kier molecular flexibility index (Phi) is 4.70. The fraction of sp³-hybridized carbons (Fsp3) is 0.571. The molecule has 11 nitrogen and oxygen atoms in total. The van der Waals surface area contributed by atoms with Crippen molar-refractivity contribution in [1.29, 1.82) is 0 Å². The summed E-state index contributed by atoms with van der Waals surface area (Å²) in [4.78, 5) is 29.9. The molecule has 1 spiro atoms. The Labute approximate surface area is 226 Å². The fourth-order valence-electron chi connectivity index (χ4n) is 9.21. The maximum atomic E-state index is 13.9. The number of piperidine rings is 2. The number of carbonyl (C=O) groups is 1. The molecule has 6 aliphatic rings. The molecule has 3 saturated heterocycles. The van der Waals surface area contributed by atoms with E-state index < -0.39 is 0 Å². The predicted molar refractivity (Wildman–Crippen MR) is 139 cm³/mol. The van der Waals surface area contributed by atoms with Gasteiger partial charge in [-0.2, -0.15) is 0 Å². The van der Waals surface area contributed by atoms with E-state index in [2.05, 4.69) is 22.0 Å². The van der Waals surface area contributed by atoms with E-state index in [0.29, 0.717) is 40.9 Å². The van der Waals surface area contributed by atoms with Crippen LogP contribution in [0.1, 0.15) is 24.8 Å². The van der Waals surface area contributed by atoms with E-state index in [1.54, 1.807) is 28.4 Å². The fourth-order valence-corrected chi connectivity index (χ4v) is 9.21. The van der Waals surface area contributed by atoms with Gasteiger partial charge in [-0.3, -0.25) is 9.28 Å². The van der Waals surface area contributed by atoms with Crippen LogP contribution in [0.15, 0.2) is 23.8 Å². The lowest BCUT2D eigenvalue weighted by molar-refractivity contribution is -0.132. The Hall–Kier alpha value is -3.44. The molecule has 1 unspecified atom stereocenters. The summed E-state index contributed by atoms with van der Waals surface area (Å²) >= 11 is 0. The highest BCUT2D eigenvalue weighted by Crippen LogP contribution is 2.68. The normalized spacial score (nSPS) is 36.6. The van der Waals surface area contributed by atoms with Gasteiger partial charge in [-0.1, -0.05) is 6.08 Å². The van der Waals surface area contributed by atoms with Crippen molar-refractivity contribution >= 4 is 17.5 Å². The Morgan fingerprint density at radius 1 is 1.03 bits per heavy atom. The largest absolute Gasteiger partial charge is 0.493 e. The third-order valence-corrected chi connectivity index (χ3v) is 10.5. The van der Waals surface area contributed by atoms with Crippen LogP contribution in [0.3, 0.4) is 0 Å². The molecule has 2 aromatic rings. The van der Waals surface area contributed by atoms with Crippen LogP contribution < -0.4 is 28.3 Å². The number of amides is 1. The minimum atomic E-state index is -0.309. The lowest BCUT2D eigenvalue weighted by atomic mass is 9.53. The van der Waals surface area contributed by atoms with Gasteiger partial charge in [0.05, 0.1) is 71.3 Å². The number of ether oxygens (including phenoxy) is 5. The van der Waals surface area contributed by atoms with Crippen molar-refractivity contribution in [1.82, 2.24) is 19.4 Å². The number of anilines is 1. The summed E-state index contributed by atoms with van der Waals surface area (Å²) < 4.78 is 29.5. The van der Waals surface area contributed by atoms with Crippen LogP contribution in [-0.4, -0.2) is 87.2 Å². The van der Waals surface area contributed by atoms with Crippen LogP contribution in [-0.2, 0) is 14.9 Å². The number of quaternary nitrogens is 1. The zero-order valence-electron chi connectivity index (χ0n) is 22.5. The number of aromatic nitrogens is 3. The molecule has 5 aliphatic heterocycles.